The number of carbonyl (C=O) groups is 2. The monoisotopic (exact) mass is 230 g/mol. The van der Waals surface area contributed by atoms with E-state index in [1.807, 2.05) is 13.0 Å². The maximum Gasteiger partial charge on any atom is 0.269 e. The van der Waals surface area contributed by atoms with Crippen molar-refractivity contribution in [1.29, 1.82) is 0 Å². The maximum atomic E-state index is 11.5. The highest BCUT2D eigenvalue weighted by Gasteiger charge is 2.03. The van der Waals surface area contributed by atoms with Crippen LogP contribution in [0.4, 0.5) is 0 Å². The van der Waals surface area contributed by atoms with Gasteiger partial charge >= 0.3 is 0 Å². The van der Waals surface area contributed by atoms with Crippen molar-refractivity contribution < 1.29 is 9.59 Å². The summed E-state index contributed by atoms with van der Waals surface area (Å²) in [5, 5.41) is 0. The van der Waals surface area contributed by atoms with Crippen LogP contribution < -0.4 is 10.9 Å². The molecule has 0 radical (unpaired) electrons. The first-order chi connectivity index (χ1) is 8.24. The largest absolute Gasteiger partial charge is 0.269 e. The molecule has 0 atom stereocenters. The molecule has 0 aliphatic carbocycles. The first kappa shape index (κ1) is 12.7. The van der Waals surface area contributed by atoms with Crippen molar-refractivity contribution in [2.45, 2.75) is 6.92 Å². The maximum absolute atomic E-state index is 11.5. The minimum absolute atomic E-state index is 0.349. The van der Waals surface area contributed by atoms with E-state index < -0.39 is 0 Å². The Bertz CT molecular complexity index is 436. The lowest BCUT2D eigenvalue weighted by Crippen LogP contribution is -2.40. The van der Waals surface area contributed by atoms with E-state index in [-0.39, 0.29) is 11.8 Å². The van der Waals surface area contributed by atoms with Crippen LogP contribution in [0.2, 0.25) is 0 Å². The molecule has 2 amide bonds. The number of hydrogen-bond acceptors (Lipinski definition) is 2. The van der Waals surface area contributed by atoms with Crippen molar-refractivity contribution in [3.8, 4) is 0 Å². The lowest BCUT2D eigenvalue weighted by Gasteiger charge is -2.04. The van der Waals surface area contributed by atoms with Gasteiger partial charge in [0.2, 0.25) is 0 Å². The highest BCUT2D eigenvalue weighted by atomic mass is 16.2. The molecule has 4 nitrogen and oxygen atoms in total. The number of hydrogen-bond donors (Lipinski definition) is 2. The normalized spacial score (nSPS) is 10.6. The van der Waals surface area contributed by atoms with Crippen LogP contribution in [0.3, 0.4) is 0 Å². The second-order valence-corrected chi connectivity index (χ2v) is 3.19. The Balaban J connectivity index is 2.41. The molecule has 1 aromatic rings. The molecule has 0 aliphatic rings. The summed E-state index contributed by atoms with van der Waals surface area (Å²) in [6.07, 6.45) is 6.43. The Hall–Kier alpha value is -2.36. The molecule has 0 aromatic heterocycles. The zero-order chi connectivity index (χ0) is 12.5. The number of allylic oxidation sites excluding steroid dienone is 3. The smallest absolute Gasteiger partial charge is 0.268 e. The summed E-state index contributed by atoms with van der Waals surface area (Å²) in [4.78, 5) is 22.7. The molecule has 1 aromatic carbocycles. The third kappa shape index (κ3) is 4.79. The molecule has 0 saturated heterocycles. The third-order valence-electron chi connectivity index (χ3n) is 1.89. The summed E-state index contributed by atoms with van der Waals surface area (Å²) in [7, 11) is 0. The lowest BCUT2D eigenvalue weighted by atomic mass is 10.2. The summed E-state index contributed by atoms with van der Waals surface area (Å²) in [6, 6.07) is 8.65. The fraction of sp³-hybridized carbons (Fsp3) is 0.0769. The fourth-order valence-corrected chi connectivity index (χ4v) is 1.08. The molecule has 4 heteroatoms. The SMILES string of the molecule is C/C=C/C=C/C(=O)NNC(=O)c1ccccc1. The Morgan fingerprint density at radius 3 is 2.41 bits per heavy atom. The van der Waals surface area contributed by atoms with Crippen LogP contribution >= 0.6 is 0 Å². The van der Waals surface area contributed by atoms with Crippen LogP contribution in [-0.2, 0) is 4.79 Å². The second kappa shape index (κ2) is 7.00. The van der Waals surface area contributed by atoms with Crippen molar-refractivity contribution in [3.63, 3.8) is 0 Å². The topological polar surface area (TPSA) is 58.2 Å². The summed E-state index contributed by atoms with van der Waals surface area (Å²) in [5.41, 5.74) is 5.08. The van der Waals surface area contributed by atoms with Crippen LogP contribution in [0.1, 0.15) is 17.3 Å². The van der Waals surface area contributed by atoms with Gasteiger partial charge < -0.3 is 0 Å². The highest BCUT2D eigenvalue weighted by Crippen LogP contribution is 1.96. The van der Waals surface area contributed by atoms with Gasteiger partial charge in [-0.25, -0.2) is 0 Å². The van der Waals surface area contributed by atoms with Crippen molar-refractivity contribution in [2.24, 2.45) is 0 Å². The fourth-order valence-electron chi connectivity index (χ4n) is 1.08. The molecule has 17 heavy (non-hydrogen) atoms. The summed E-state index contributed by atoms with van der Waals surface area (Å²) < 4.78 is 0. The van der Waals surface area contributed by atoms with Crippen molar-refractivity contribution >= 4 is 11.8 Å². The molecule has 0 spiro atoms. The average Bonchev–Trinajstić information content (AvgIpc) is 2.37. The van der Waals surface area contributed by atoms with E-state index in [1.54, 1.807) is 42.5 Å². The Morgan fingerprint density at radius 1 is 1.06 bits per heavy atom. The van der Waals surface area contributed by atoms with Crippen molar-refractivity contribution in [2.75, 3.05) is 0 Å². The van der Waals surface area contributed by atoms with E-state index in [2.05, 4.69) is 10.9 Å². The standard InChI is InChI=1S/C13H14N2O2/c1-2-3-5-10-12(16)14-15-13(17)11-8-6-4-7-9-11/h2-10H,1H3,(H,14,16)(H,15,17)/b3-2+,10-5+. The molecule has 0 aliphatic heterocycles. The van der Waals surface area contributed by atoms with Crippen molar-refractivity contribution in [1.82, 2.24) is 10.9 Å². The number of amides is 2. The number of nitrogens with one attached hydrogen (secondary N) is 2. The van der Waals surface area contributed by atoms with Gasteiger partial charge in [0.15, 0.2) is 0 Å². The minimum atomic E-state index is -0.382. The number of rotatable bonds is 3. The van der Waals surface area contributed by atoms with E-state index in [0.29, 0.717) is 5.56 Å². The van der Waals surface area contributed by atoms with Gasteiger partial charge in [-0.1, -0.05) is 36.4 Å². The zero-order valence-corrected chi connectivity index (χ0v) is 9.51. The van der Waals surface area contributed by atoms with Gasteiger partial charge in [-0.2, -0.15) is 0 Å². The molecule has 0 unspecified atom stereocenters. The van der Waals surface area contributed by atoms with Gasteiger partial charge in [0, 0.05) is 11.6 Å². The van der Waals surface area contributed by atoms with Crippen LogP contribution in [0.15, 0.2) is 54.6 Å². The Morgan fingerprint density at radius 2 is 1.76 bits per heavy atom. The van der Waals surface area contributed by atoms with Gasteiger partial charge in [0.05, 0.1) is 0 Å². The molecule has 2 N–H and O–H groups in total. The molecule has 0 fully saturated rings. The van der Waals surface area contributed by atoms with E-state index >= 15 is 0 Å². The summed E-state index contributed by atoms with van der Waals surface area (Å²) >= 11 is 0. The number of carbonyl (C=O) groups excluding carboxylic acids is 2. The van der Waals surface area contributed by atoms with E-state index in [4.69, 9.17) is 0 Å². The summed E-state index contributed by atoms with van der Waals surface area (Å²) in [5.74, 6) is -0.731. The molecule has 0 saturated carbocycles. The quantitative estimate of drug-likeness (QED) is 0.470. The minimum Gasteiger partial charge on any atom is -0.268 e. The molecular formula is C13H14N2O2. The molecular weight excluding hydrogens is 216 g/mol. The Labute approximate surface area is 100.0 Å². The summed E-state index contributed by atoms with van der Waals surface area (Å²) in [6.45, 7) is 1.85. The predicted molar refractivity (Wildman–Crippen MR) is 66.0 cm³/mol. The molecule has 0 bridgehead atoms. The van der Waals surface area contributed by atoms with Crippen LogP contribution in [0.25, 0.3) is 0 Å². The van der Waals surface area contributed by atoms with Crippen LogP contribution in [0.5, 0.6) is 0 Å². The van der Waals surface area contributed by atoms with Gasteiger partial charge in [-0.05, 0) is 19.1 Å². The van der Waals surface area contributed by atoms with Gasteiger partial charge in [0.25, 0.3) is 11.8 Å². The first-order valence-electron chi connectivity index (χ1n) is 5.18. The van der Waals surface area contributed by atoms with E-state index in [0.717, 1.165) is 0 Å². The van der Waals surface area contributed by atoms with Gasteiger partial charge in [-0.3, -0.25) is 20.4 Å². The first-order valence-corrected chi connectivity index (χ1v) is 5.18. The number of benzene rings is 1. The lowest BCUT2D eigenvalue weighted by molar-refractivity contribution is -0.117. The second-order valence-electron chi connectivity index (χ2n) is 3.19. The predicted octanol–water partition coefficient (Wildman–Crippen LogP) is 1.58. The van der Waals surface area contributed by atoms with Crippen LogP contribution in [-0.4, -0.2) is 11.8 Å². The molecule has 0 heterocycles. The zero-order valence-electron chi connectivity index (χ0n) is 9.51. The van der Waals surface area contributed by atoms with Crippen molar-refractivity contribution in [3.05, 3.63) is 60.2 Å². The highest BCUT2D eigenvalue weighted by molar-refractivity contribution is 5.96. The number of hydrazine groups is 1. The van der Waals surface area contributed by atoms with E-state index in [1.165, 1.54) is 6.08 Å². The third-order valence-corrected chi connectivity index (χ3v) is 1.89. The van der Waals surface area contributed by atoms with E-state index in [9.17, 15) is 9.59 Å². The molecule has 88 valence electrons. The Kier molecular flexibility index (Phi) is 5.24. The van der Waals surface area contributed by atoms with Crippen LogP contribution in [0, 0.1) is 0 Å². The average molecular weight is 230 g/mol. The van der Waals surface area contributed by atoms with Gasteiger partial charge in [-0.15, -0.1) is 0 Å². The van der Waals surface area contributed by atoms with Gasteiger partial charge in [0.1, 0.15) is 0 Å². The molecule has 1 rings (SSSR count).